The summed E-state index contributed by atoms with van der Waals surface area (Å²) in [6, 6.07) is -0.374. The third-order valence-corrected chi connectivity index (χ3v) is 3.96. The number of carbonyl (C=O) groups is 2. The first-order valence-electron chi connectivity index (χ1n) is 6.28. The normalized spacial score (nSPS) is 27.6. The van der Waals surface area contributed by atoms with E-state index in [0.717, 1.165) is 18.6 Å². The quantitative estimate of drug-likeness (QED) is 0.667. The molecule has 1 aliphatic carbocycles. The van der Waals surface area contributed by atoms with Crippen molar-refractivity contribution >= 4 is 23.8 Å². The van der Waals surface area contributed by atoms with E-state index >= 15 is 0 Å². The van der Waals surface area contributed by atoms with Gasteiger partial charge in [0, 0.05) is 12.3 Å². The van der Waals surface area contributed by atoms with Crippen LogP contribution in [0.1, 0.15) is 32.6 Å². The van der Waals surface area contributed by atoms with Crippen molar-refractivity contribution in [2.45, 2.75) is 38.1 Å². The average Bonchev–Trinajstić information content (AvgIpc) is 2.29. The van der Waals surface area contributed by atoms with Gasteiger partial charge in [0.15, 0.2) is 0 Å². The van der Waals surface area contributed by atoms with E-state index < -0.39 is 11.5 Å². The van der Waals surface area contributed by atoms with Crippen molar-refractivity contribution < 1.29 is 14.7 Å². The highest BCUT2D eigenvalue weighted by molar-refractivity contribution is 7.98. The Morgan fingerprint density at radius 2 is 2.22 bits per heavy atom. The van der Waals surface area contributed by atoms with Gasteiger partial charge < -0.3 is 15.7 Å². The number of carboxylic acid groups (broad SMARTS) is 1. The van der Waals surface area contributed by atoms with Gasteiger partial charge in [-0.2, -0.15) is 11.8 Å². The second-order valence-corrected chi connectivity index (χ2v) is 5.95. The van der Waals surface area contributed by atoms with Gasteiger partial charge >= 0.3 is 12.0 Å². The van der Waals surface area contributed by atoms with Gasteiger partial charge in [-0.1, -0.05) is 19.8 Å². The van der Waals surface area contributed by atoms with Gasteiger partial charge in [0.1, 0.15) is 5.54 Å². The van der Waals surface area contributed by atoms with Gasteiger partial charge in [-0.15, -0.1) is 0 Å². The van der Waals surface area contributed by atoms with Crippen molar-refractivity contribution in [3.05, 3.63) is 0 Å². The van der Waals surface area contributed by atoms with Crippen LogP contribution in [-0.2, 0) is 4.79 Å². The topological polar surface area (TPSA) is 78.4 Å². The first-order chi connectivity index (χ1) is 8.50. The number of hydrogen-bond donors (Lipinski definition) is 3. The van der Waals surface area contributed by atoms with Crippen molar-refractivity contribution in [1.29, 1.82) is 0 Å². The third kappa shape index (κ3) is 4.08. The Morgan fingerprint density at radius 1 is 1.50 bits per heavy atom. The third-order valence-electron chi connectivity index (χ3n) is 3.35. The molecule has 1 saturated carbocycles. The zero-order valence-electron chi connectivity index (χ0n) is 11.0. The molecule has 0 spiro atoms. The number of thioether (sulfide) groups is 1. The highest BCUT2D eigenvalue weighted by Crippen LogP contribution is 2.32. The van der Waals surface area contributed by atoms with E-state index in [2.05, 4.69) is 10.6 Å². The van der Waals surface area contributed by atoms with Gasteiger partial charge in [-0.05, 0) is 25.0 Å². The summed E-state index contributed by atoms with van der Waals surface area (Å²) in [4.78, 5) is 23.1. The molecule has 5 nitrogen and oxygen atoms in total. The van der Waals surface area contributed by atoms with E-state index in [9.17, 15) is 14.7 Å². The van der Waals surface area contributed by atoms with Crippen LogP contribution in [0.3, 0.4) is 0 Å². The van der Waals surface area contributed by atoms with E-state index in [1.165, 1.54) is 0 Å². The number of nitrogens with one attached hydrogen (secondary N) is 2. The van der Waals surface area contributed by atoms with Crippen LogP contribution in [0.5, 0.6) is 0 Å². The molecule has 2 unspecified atom stereocenters. The minimum atomic E-state index is -1.08. The molecule has 0 bridgehead atoms. The van der Waals surface area contributed by atoms with Gasteiger partial charge in [0.2, 0.25) is 0 Å². The Morgan fingerprint density at radius 3 is 2.78 bits per heavy atom. The second kappa shape index (κ2) is 6.87. The van der Waals surface area contributed by atoms with E-state index in [0.29, 0.717) is 25.3 Å². The molecule has 6 heteroatoms. The predicted molar refractivity (Wildman–Crippen MR) is 72.9 cm³/mol. The van der Waals surface area contributed by atoms with Crippen LogP contribution in [-0.4, -0.2) is 41.2 Å². The number of rotatable bonds is 5. The molecular weight excluding hydrogens is 252 g/mol. The highest BCUT2D eigenvalue weighted by atomic mass is 32.2. The maximum Gasteiger partial charge on any atom is 0.329 e. The average molecular weight is 274 g/mol. The molecule has 0 aliphatic heterocycles. The summed E-state index contributed by atoms with van der Waals surface area (Å²) >= 11 is 1.64. The molecule has 0 aromatic heterocycles. The van der Waals surface area contributed by atoms with E-state index in [1.54, 1.807) is 11.8 Å². The molecule has 2 atom stereocenters. The van der Waals surface area contributed by atoms with E-state index in [1.807, 2.05) is 13.2 Å². The minimum Gasteiger partial charge on any atom is -0.480 e. The van der Waals surface area contributed by atoms with Crippen molar-refractivity contribution in [3.8, 4) is 0 Å². The van der Waals surface area contributed by atoms with E-state index in [4.69, 9.17) is 0 Å². The summed E-state index contributed by atoms with van der Waals surface area (Å²) < 4.78 is 0. The summed E-state index contributed by atoms with van der Waals surface area (Å²) in [6.07, 6.45) is 4.87. The van der Waals surface area contributed by atoms with Crippen LogP contribution in [0.15, 0.2) is 0 Å². The van der Waals surface area contributed by atoms with Crippen LogP contribution in [0.4, 0.5) is 4.79 Å². The number of hydrogen-bond acceptors (Lipinski definition) is 3. The molecule has 18 heavy (non-hydrogen) atoms. The first-order valence-corrected chi connectivity index (χ1v) is 7.68. The number of carbonyl (C=O) groups excluding carboxylic acids is 1. The summed E-state index contributed by atoms with van der Waals surface area (Å²) in [5, 5.41) is 14.7. The Kier molecular flexibility index (Phi) is 5.78. The zero-order valence-corrected chi connectivity index (χ0v) is 11.8. The fraction of sp³-hybridized carbons (Fsp3) is 0.833. The lowest BCUT2D eigenvalue weighted by Crippen LogP contribution is -2.59. The molecule has 0 heterocycles. The Bertz CT molecular complexity index is 312. The number of amides is 2. The molecule has 1 aliphatic rings. The number of carboxylic acids is 1. The first kappa shape index (κ1) is 15.1. The zero-order chi connectivity index (χ0) is 13.6. The highest BCUT2D eigenvalue weighted by Gasteiger charge is 2.43. The van der Waals surface area contributed by atoms with E-state index in [-0.39, 0.29) is 6.03 Å². The summed E-state index contributed by atoms with van der Waals surface area (Å²) in [6.45, 7) is 2.59. The molecule has 1 rings (SSSR count). The molecule has 1 fully saturated rings. The largest absolute Gasteiger partial charge is 0.480 e. The molecule has 3 N–H and O–H groups in total. The number of urea groups is 1. The van der Waals surface area contributed by atoms with Crippen molar-refractivity contribution in [2.75, 3.05) is 18.6 Å². The van der Waals surface area contributed by atoms with Gasteiger partial charge in [0.25, 0.3) is 0 Å². The molecule has 2 amide bonds. The van der Waals surface area contributed by atoms with Crippen LogP contribution in [0.2, 0.25) is 0 Å². The lowest BCUT2D eigenvalue weighted by molar-refractivity contribution is -0.146. The summed E-state index contributed by atoms with van der Waals surface area (Å²) in [7, 11) is 0. The van der Waals surface area contributed by atoms with Gasteiger partial charge in [-0.25, -0.2) is 9.59 Å². The maximum atomic E-state index is 11.7. The Balaban J connectivity index is 2.57. The fourth-order valence-corrected chi connectivity index (χ4v) is 2.75. The molecule has 0 aromatic carbocycles. The van der Waals surface area contributed by atoms with Crippen molar-refractivity contribution in [3.63, 3.8) is 0 Å². The standard InChI is InChI=1S/C12H22N2O3S/c1-9-4-3-5-12(8-9,10(15)16)14-11(17)13-6-7-18-2/h9H,3-8H2,1-2H3,(H,15,16)(H2,13,14,17). The Labute approximate surface area is 112 Å². The molecular formula is C12H22N2O3S. The molecule has 0 saturated heterocycles. The predicted octanol–water partition coefficient (Wildman–Crippen LogP) is 1.68. The number of aliphatic carboxylic acids is 1. The molecule has 0 radical (unpaired) electrons. The summed E-state index contributed by atoms with van der Waals surface area (Å²) in [5.74, 6) is 0.236. The molecule has 104 valence electrons. The van der Waals surface area contributed by atoms with Gasteiger partial charge in [0.05, 0.1) is 0 Å². The maximum absolute atomic E-state index is 11.7. The van der Waals surface area contributed by atoms with Gasteiger partial charge in [-0.3, -0.25) is 0 Å². The minimum absolute atomic E-state index is 0.335. The molecule has 0 aromatic rings. The second-order valence-electron chi connectivity index (χ2n) is 4.96. The smallest absolute Gasteiger partial charge is 0.329 e. The van der Waals surface area contributed by atoms with Crippen molar-refractivity contribution in [2.24, 2.45) is 5.92 Å². The lowest BCUT2D eigenvalue weighted by Gasteiger charge is -2.36. The van der Waals surface area contributed by atoms with Crippen LogP contribution >= 0.6 is 11.8 Å². The lowest BCUT2D eigenvalue weighted by atomic mass is 9.76. The summed E-state index contributed by atoms with van der Waals surface area (Å²) in [5.41, 5.74) is -1.08. The van der Waals surface area contributed by atoms with Crippen LogP contribution in [0, 0.1) is 5.92 Å². The SMILES string of the molecule is CSCCNC(=O)NC1(C(=O)O)CCCC(C)C1. The van der Waals surface area contributed by atoms with Crippen LogP contribution < -0.4 is 10.6 Å². The van der Waals surface area contributed by atoms with Crippen molar-refractivity contribution in [1.82, 2.24) is 10.6 Å². The Hall–Kier alpha value is -0.910. The van der Waals surface area contributed by atoms with Crippen LogP contribution in [0.25, 0.3) is 0 Å². The fourth-order valence-electron chi connectivity index (χ4n) is 2.44. The monoisotopic (exact) mass is 274 g/mol.